The fourth-order valence-electron chi connectivity index (χ4n) is 4.31. The van der Waals surface area contributed by atoms with Gasteiger partial charge in [0.2, 0.25) is 0 Å². The fourth-order valence-corrected chi connectivity index (χ4v) is 4.31. The molecule has 1 saturated carbocycles. The van der Waals surface area contributed by atoms with E-state index in [2.05, 4.69) is 36.9 Å². The molecule has 0 unspecified atom stereocenters. The van der Waals surface area contributed by atoms with Crippen LogP contribution in [0.15, 0.2) is 18.2 Å². The average molecular weight is 273 g/mol. The SMILES string of the molecule is Cc1cccc(C)c1CN1CCC[C@]2(CCC[C@H]2O)C1. The first kappa shape index (κ1) is 14.1. The fraction of sp³-hybridized carbons (Fsp3) is 0.667. The number of nitrogens with zero attached hydrogens (tertiary/aromatic N) is 1. The molecule has 3 rings (SSSR count). The maximum atomic E-state index is 10.4. The summed E-state index contributed by atoms with van der Waals surface area (Å²) >= 11 is 0. The van der Waals surface area contributed by atoms with Crippen LogP contribution in [0.25, 0.3) is 0 Å². The number of aliphatic hydroxyl groups excluding tert-OH is 1. The van der Waals surface area contributed by atoms with Gasteiger partial charge in [0.1, 0.15) is 0 Å². The number of aliphatic hydroxyl groups is 1. The lowest BCUT2D eigenvalue weighted by molar-refractivity contribution is -0.0121. The van der Waals surface area contributed by atoms with Gasteiger partial charge in [-0.05, 0) is 62.8 Å². The molecule has 1 heterocycles. The molecule has 0 aromatic heterocycles. The van der Waals surface area contributed by atoms with Gasteiger partial charge in [0.05, 0.1) is 6.10 Å². The van der Waals surface area contributed by atoms with Gasteiger partial charge >= 0.3 is 0 Å². The Bertz CT molecular complexity index is 464. The minimum absolute atomic E-state index is 0.0664. The third kappa shape index (κ3) is 2.51. The lowest BCUT2D eigenvalue weighted by Crippen LogP contribution is -2.46. The molecule has 0 bridgehead atoms. The molecule has 0 radical (unpaired) electrons. The molecule has 1 aromatic rings. The number of rotatable bonds is 2. The van der Waals surface area contributed by atoms with Crippen LogP contribution in [0.1, 0.15) is 48.8 Å². The standard InChI is InChI=1S/C18H27NO/c1-14-6-3-7-15(2)16(14)12-19-11-5-10-18(13-19)9-4-8-17(18)20/h3,6-7,17,20H,4-5,8-13H2,1-2H3/t17-,18-/m1/s1. The Labute approximate surface area is 122 Å². The lowest BCUT2D eigenvalue weighted by Gasteiger charge is -2.43. The molecule has 1 spiro atoms. The summed E-state index contributed by atoms with van der Waals surface area (Å²) in [4.78, 5) is 2.58. The van der Waals surface area contributed by atoms with Crippen molar-refractivity contribution < 1.29 is 5.11 Å². The van der Waals surface area contributed by atoms with Crippen molar-refractivity contribution in [2.24, 2.45) is 5.41 Å². The van der Waals surface area contributed by atoms with Gasteiger partial charge < -0.3 is 5.11 Å². The Hall–Kier alpha value is -0.860. The van der Waals surface area contributed by atoms with E-state index in [1.807, 2.05) is 0 Å². The van der Waals surface area contributed by atoms with Crippen molar-refractivity contribution in [3.8, 4) is 0 Å². The van der Waals surface area contributed by atoms with Crippen LogP contribution in [0.5, 0.6) is 0 Å². The summed E-state index contributed by atoms with van der Waals surface area (Å²) in [6.45, 7) is 7.75. The van der Waals surface area contributed by atoms with Crippen molar-refractivity contribution >= 4 is 0 Å². The normalized spacial score (nSPS) is 31.1. The molecule has 1 aliphatic carbocycles. The highest BCUT2D eigenvalue weighted by molar-refractivity contribution is 5.33. The van der Waals surface area contributed by atoms with Gasteiger partial charge in [0, 0.05) is 18.5 Å². The van der Waals surface area contributed by atoms with Crippen LogP contribution in [0.2, 0.25) is 0 Å². The number of hydrogen-bond acceptors (Lipinski definition) is 2. The largest absolute Gasteiger partial charge is 0.393 e. The molecule has 2 heteroatoms. The summed E-state index contributed by atoms with van der Waals surface area (Å²) in [5.41, 5.74) is 4.49. The predicted molar refractivity (Wildman–Crippen MR) is 82.7 cm³/mol. The van der Waals surface area contributed by atoms with E-state index in [9.17, 15) is 5.11 Å². The van der Waals surface area contributed by atoms with Crippen molar-refractivity contribution in [1.29, 1.82) is 0 Å². The first-order valence-corrected chi connectivity index (χ1v) is 8.06. The maximum Gasteiger partial charge on any atom is 0.0608 e. The van der Waals surface area contributed by atoms with Gasteiger partial charge in [0.25, 0.3) is 0 Å². The third-order valence-electron chi connectivity index (χ3n) is 5.57. The summed E-state index contributed by atoms with van der Waals surface area (Å²) in [7, 11) is 0. The molecule has 2 aliphatic rings. The number of aryl methyl sites for hydroxylation is 2. The van der Waals surface area contributed by atoms with E-state index in [0.29, 0.717) is 0 Å². The second kappa shape index (κ2) is 5.50. The summed E-state index contributed by atoms with van der Waals surface area (Å²) in [6.07, 6.45) is 5.83. The number of benzene rings is 1. The minimum Gasteiger partial charge on any atom is -0.393 e. The molecule has 110 valence electrons. The van der Waals surface area contributed by atoms with Crippen LogP contribution < -0.4 is 0 Å². The zero-order valence-electron chi connectivity index (χ0n) is 12.9. The molecular weight excluding hydrogens is 246 g/mol. The first-order chi connectivity index (χ1) is 9.61. The number of piperidine rings is 1. The molecule has 20 heavy (non-hydrogen) atoms. The van der Waals surface area contributed by atoms with Gasteiger partial charge in [-0.3, -0.25) is 4.90 Å². The van der Waals surface area contributed by atoms with Crippen LogP contribution in [0, 0.1) is 19.3 Å². The van der Waals surface area contributed by atoms with Gasteiger partial charge in [-0.25, -0.2) is 0 Å². The summed E-state index contributed by atoms with van der Waals surface area (Å²) in [5.74, 6) is 0. The van der Waals surface area contributed by atoms with Crippen LogP contribution in [0.3, 0.4) is 0 Å². The molecule has 2 fully saturated rings. The van der Waals surface area contributed by atoms with E-state index in [0.717, 1.165) is 19.5 Å². The van der Waals surface area contributed by atoms with E-state index in [1.54, 1.807) is 0 Å². The Kier molecular flexibility index (Phi) is 3.87. The Balaban J connectivity index is 1.75. The number of hydrogen-bond donors (Lipinski definition) is 1. The minimum atomic E-state index is -0.0664. The second-order valence-corrected chi connectivity index (χ2v) is 6.95. The molecular formula is C18H27NO. The zero-order chi connectivity index (χ0) is 14.2. The average Bonchev–Trinajstić information content (AvgIpc) is 2.75. The lowest BCUT2D eigenvalue weighted by atomic mass is 9.76. The van der Waals surface area contributed by atoms with E-state index >= 15 is 0 Å². The van der Waals surface area contributed by atoms with Crippen molar-refractivity contribution in [2.75, 3.05) is 13.1 Å². The van der Waals surface area contributed by atoms with E-state index in [4.69, 9.17) is 0 Å². The smallest absolute Gasteiger partial charge is 0.0608 e. The van der Waals surface area contributed by atoms with E-state index in [-0.39, 0.29) is 11.5 Å². The first-order valence-electron chi connectivity index (χ1n) is 8.06. The zero-order valence-corrected chi connectivity index (χ0v) is 12.9. The summed E-state index contributed by atoms with van der Waals surface area (Å²) in [5, 5.41) is 10.4. The molecule has 1 aromatic carbocycles. The van der Waals surface area contributed by atoms with Crippen molar-refractivity contribution in [3.05, 3.63) is 34.9 Å². The highest BCUT2D eigenvalue weighted by Gasteiger charge is 2.44. The van der Waals surface area contributed by atoms with E-state index < -0.39 is 0 Å². The van der Waals surface area contributed by atoms with Crippen molar-refractivity contribution in [2.45, 2.75) is 58.6 Å². The molecule has 1 saturated heterocycles. The summed E-state index contributed by atoms with van der Waals surface area (Å²) in [6, 6.07) is 6.57. The van der Waals surface area contributed by atoms with Crippen molar-refractivity contribution in [1.82, 2.24) is 4.90 Å². The van der Waals surface area contributed by atoms with Crippen molar-refractivity contribution in [3.63, 3.8) is 0 Å². The van der Waals surface area contributed by atoms with Crippen LogP contribution in [0.4, 0.5) is 0 Å². The van der Waals surface area contributed by atoms with Gasteiger partial charge in [-0.2, -0.15) is 0 Å². The molecule has 1 N–H and O–H groups in total. The Morgan fingerprint density at radius 2 is 1.90 bits per heavy atom. The topological polar surface area (TPSA) is 23.5 Å². The monoisotopic (exact) mass is 273 g/mol. The molecule has 2 nitrogen and oxygen atoms in total. The highest BCUT2D eigenvalue weighted by Crippen LogP contribution is 2.45. The molecule has 0 amide bonds. The number of likely N-dealkylation sites (tertiary alicyclic amines) is 1. The third-order valence-corrected chi connectivity index (χ3v) is 5.57. The van der Waals surface area contributed by atoms with Gasteiger partial charge in [-0.15, -0.1) is 0 Å². The predicted octanol–water partition coefficient (Wildman–Crippen LogP) is 3.43. The molecule has 1 aliphatic heterocycles. The van der Waals surface area contributed by atoms with Gasteiger partial charge in [-0.1, -0.05) is 24.6 Å². The van der Waals surface area contributed by atoms with Crippen LogP contribution >= 0.6 is 0 Å². The van der Waals surface area contributed by atoms with Gasteiger partial charge in [0.15, 0.2) is 0 Å². The quantitative estimate of drug-likeness (QED) is 0.892. The second-order valence-electron chi connectivity index (χ2n) is 6.95. The van der Waals surface area contributed by atoms with E-state index in [1.165, 1.54) is 48.9 Å². The summed E-state index contributed by atoms with van der Waals surface area (Å²) < 4.78 is 0. The van der Waals surface area contributed by atoms with Crippen LogP contribution in [-0.4, -0.2) is 29.2 Å². The Morgan fingerprint density at radius 1 is 1.20 bits per heavy atom. The maximum absolute atomic E-state index is 10.4. The molecule has 2 atom stereocenters. The van der Waals surface area contributed by atoms with Crippen LogP contribution in [-0.2, 0) is 6.54 Å². The Morgan fingerprint density at radius 3 is 2.55 bits per heavy atom. The highest BCUT2D eigenvalue weighted by atomic mass is 16.3.